The van der Waals surface area contributed by atoms with E-state index < -0.39 is 0 Å². The van der Waals surface area contributed by atoms with Crippen LogP contribution in [0, 0.1) is 5.92 Å². The normalized spacial score (nSPS) is 19.7. The molecule has 18 heavy (non-hydrogen) atoms. The first-order valence-electron chi connectivity index (χ1n) is 7.03. The molecule has 1 N–H and O–H groups in total. The molecule has 1 aliphatic rings. The van der Waals surface area contributed by atoms with Crippen molar-refractivity contribution in [1.82, 2.24) is 14.9 Å². The van der Waals surface area contributed by atoms with Gasteiger partial charge in [0, 0.05) is 13.0 Å². The molecule has 0 spiro atoms. The molecule has 1 saturated heterocycles. The topological polar surface area (TPSA) is 29.9 Å². The third kappa shape index (κ3) is 2.15. The van der Waals surface area contributed by atoms with Gasteiger partial charge in [-0.05, 0) is 44.0 Å². The van der Waals surface area contributed by atoms with Gasteiger partial charge in [0.25, 0.3) is 0 Å². The largest absolute Gasteiger partial charge is 0.328 e. The van der Waals surface area contributed by atoms with Crippen LogP contribution in [0.3, 0.4) is 0 Å². The van der Waals surface area contributed by atoms with E-state index in [1.165, 1.54) is 24.3 Å². The van der Waals surface area contributed by atoms with Crippen LogP contribution in [0.5, 0.6) is 0 Å². The van der Waals surface area contributed by atoms with Gasteiger partial charge >= 0.3 is 0 Å². The number of fused-ring (bicyclic) bond motifs is 1. The standard InChI is InChI=1S/C15H21N3/c1-2-9-18-14-6-4-3-5-13(14)17-15(18)10-12-7-8-16-11-12/h3-6,12,16H,2,7-11H2,1H3. The highest BCUT2D eigenvalue weighted by molar-refractivity contribution is 5.75. The minimum absolute atomic E-state index is 0.761. The Morgan fingerprint density at radius 2 is 2.28 bits per heavy atom. The number of benzene rings is 1. The van der Waals surface area contributed by atoms with Crippen molar-refractivity contribution >= 4 is 11.0 Å². The SMILES string of the molecule is CCCn1c(CC2CCNC2)nc2ccccc21. The molecule has 96 valence electrons. The van der Waals surface area contributed by atoms with Crippen LogP contribution in [0.1, 0.15) is 25.6 Å². The van der Waals surface area contributed by atoms with E-state index in [0.717, 1.165) is 37.4 Å². The molecule has 3 rings (SSSR count). The van der Waals surface area contributed by atoms with E-state index in [1.807, 2.05) is 0 Å². The first-order valence-corrected chi connectivity index (χ1v) is 7.03. The average molecular weight is 243 g/mol. The van der Waals surface area contributed by atoms with Crippen molar-refractivity contribution in [3.63, 3.8) is 0 Å². The third-order valence-electron chi connectivity index (χ3n) is 3.81. The molecule has 2 aromatic rings. The number of nitrogens with one attached hydrogen (secondary N) is 1. The van der Waals surface area contributed by atoms with Crippen molar-refractivity contribution in [3.8, 4) is 0 Å². The fraction of sp³-hybridized carbons (Fsp3) is 0.533. The van der Waals surface area contributed by atoms with E-state index in [-0.39, 0.29) is 0 Å². The molecule has 0 saturated carbocycles. The van der Waals surface area contributed by atoms with Gasteiger partial charge in [0.2, 0.25) is 0 Å². The Morgan fingerprint density at radius 1 is 1.39 bits per heavy atom. The molecule has 0 amide bonds. The summed E-state index contributed by atoms with van der Waals surface area (Å²) in [5.74, 6) is 2.03. The maximum Gasteiger partial charge on any atom is 0.110 e. The molecular weight excluding hydrogens is 222 g/mol. The third-order valence-corrected chi connectivity index (χ3v) is 3.81. The molecule has 1 aliphatic heterocycles. The highest BCUT2D eigenvalue weighted by Gasteiger charge is 2.18. The van der Waals surface area contributed by atoms with Gasteiger partial charge in [-0.15, -0.1) is 0 Å². The van der Waals surface area contributed by atoms with Gasteiger partial charge in [-0.1, -0.05) is 19.1 Å². The molecule has 3 nitrogen and oxygen atoms in total. The number of nitrogens with zero attached hydrogens (tertiary/aromatic N) is 2. The minimum atomic E-state index is 0.761. The molecular formula is C15H21N3. The summed E-state index contributed by atoms with van der Waals surface area (Å²) in [4.78, 5) is 4.83. The summed E-state index contributed by atoms with van der Waals surface area (Å²) in [6.45, 7) is 5.62. The molecule has 1 unspecified atom stereocenters. The lowest BCUT2D eigenvalue weighted by Gasteiger charge is -2.11. The van der Waals surface area contributed by atoms with Gasteiger partial charge < -0.3 is 9.88 Å². The molecule has 1 aromatic carbocycles. The fourth-order valence-electron chi connectivity index (χ4n) is 2.90. The van der Waals surface area contributed by atoms with Gasteiger partial charge in [0.05, 0.1) is 11.0 Å². The van der Waals surface area contributed by atoms with Crippen molar-refractivity contribution < 1.29 is 0 Å². The Balaban J connectivity index is 1.95. The van der Waals surface area contributed by atoms with Gasteiger partial charge in [0.15, 0.2) is 0 Å². The number of hydrogen-bond acceptors (Lipinski definition) is 2. The van der Waals surface area contributed by atoms with E-state index in [2.05, 4.69) is 41.1 Å². The van der Waals surface area contributed by atoms with E-state index in [9.17, 15) is 0 Å². The molecule has 3 heteroatoms. The Hall–Kier alpha value is -1.35. The van der Waals surface area contributed by atoms with Gasteiger partial charge in [0.1, 0.15) is 5.82 Å². The van der Waals surface area contributed by atoms with Crippen LogP contribution in [0.4, 0.5) is 0 Å². The summed E-state index contributed by atoms with van der Waals surface area (Å²) in [5, 5.41) is 3.44. The van der Waals surface area contributed by atoms with E-state index in [4.69, 9.17) is 4.98 Å². The Labute approximate surface area is 108 Å². The van der Waals surface area contributed by atoms with Gasteiger partial charge in [-0.3, -0.25) is 0 Å². The number of rotatable bonds is 4. The van der Waals surface area contributed by atoms with Crippen LogP contribution in [-0.4, -0.2) is 22.6 Å². The molecule has 1 aromatic heterocycles. The lowest BCUT2D eigenvalue weighted by atomic mass is 10.0. The molecule has 1 fully saturated rings. The summed E-state index contributed by atoms with van der Waals surface area (Å²) in [6.07, 6.45) is 3.56. The van der Waals surface area contributed by atoms with Crippen LogP contribution in [-0.2, 0) is 13.0 Å². The Kier molecular flexibility index (Phi) is 3.33. The smallest absolute Gasteiger partial charge is 0.110 e. The van der Waals surface area contributed by atoms with Crippen LogP contribution >= 0.6 is 0 Å². The van der Waals surface area contributed by atoms with E-state index >= 15 is 0 Å². The quantitative estimate of drug-likeness (QED) is 0.894. The van der Waals surface area contributed by atoms with E-state index in [0.29, 0.717) is 0 Å². The maximum atomic E-state index is 4.83. The fourth-order valence-corrected chi connectivity index (χ4v) is 2.90. The average Bonchev–Trinajstić information content (AvgIpc) is 3.00. The van der Waals surface area contributed by atoms with E-state index in [1.54, 1.807) is 0 Å². The van der Waals surface area contributed by atoms with Crippen LogP contribution in [0.15, 0.2) is 24.3 Å². The number of para-hydroxylation sites is 2. The first kappa shape index (κ1) is 11.7. The first-order chi connectivity index (χ1) is 8.88. The Bertz CT molecular complexity index is 524. The number of aromatic nitrogens is 2. The predicted octanol–water partition coefficient (Wildman–Crippen LogP) is 2.60. The van der Waals surface area contributed by atoms with Crippen molar-refractivity contribution in [3.05, 3.63) is 30.1 Å². The number of aryl methyl sites for hydroxylation is 1. The monoisotopic (exact) mass is 243 g/mol. The second kappa shape index (κ2) is 5.11. The lowest BCUT2D eigenvalue weighted by molar-refractivity contribution is 0.535. The molecule has 1 atom stereocenters. The summed E-state index contributed by atoms with van der Waals surface area (Å²) >= 11 is 0. The van der Waals surface area contributed by atoms with Crippen LogP contribution in [0.25, 0.3) is 11.0 Å². The second-order valence-electron chi connectivity index (χ2n) is 5.23. The van der Waals surface area contributed by atoms with Crippen LogP contribution in [0.2, 0.25) is 0 Å². The van der Waals surface area contributed by atoms with Gasteiger partial charge in [-0.2, -0.15) is 0 Å². The summed E-state index contributed by atoms with van der Waals surface area (Å²) in [6, 6.07) is 8.50. The predicted molar refractivity (Wildman–Crippen MR) is 74.7 cm³/mol. The number of hydrogen-bond donors (Lipinski definition) is 1. The zero-order valence-electron chi connectivity index (χ0n) is 11.0. The lowest BCUT2D eigenvalue weighted by Crippen LogP contribution is -2.14. The second-order valence-corrected chi connectivity index (χ2v) is 5.23. The van der Waals surface area contributed by atoms with Crippen molar-refractivity contribution in [1.29, 1.82) is 0 Å². The molecule has 0 radical (unpaired) electrons. The van der Waals surface area contributed by atoms with Crippen LogP contribution < -0.4 is 5.32 Å². The number of imidazole rings is 1. The minimum Gasteiger partial charge on any atom is -0.328 e. The highest BCUT2D eigenvalue weighted by atomic mass is 15.1. The van der Waals surface area contributed by atoms with Crippen molar-refractivity contribution in [2.24, 2.45) is 5.92 Å². The van der Waals surface area contributed by atoms with Gasteiger partial charge in [-0.25, -0.2) is 4.98 Å². The van der Waals surface area contributed by atoms with Crippen molar-refractivity contribution in [2.45, 2.75) is 32.7 Å². The molecule has 0 aliphatic carbocycles. The Morgan fingerprint density at radius 3 is 3.06 bits per heavy atom. The highest BCUT2D eigenvalue weighted by Crippen LogP contribution is 2.21. The maximum absolute atomic E-state index is 4.83. The molecule has 0 bridgehead atoms. The zero-order valence-corrected chi connectivity index (χ0v) is 11.0. The summed E-state index contributed by atoms with van der Waals surface area (Å²) < 4.78 is 2.41. The zero-order chi connectivity index (χ0) is 12.4. The summed E-state index contributed by atoms with van der Waals surface area (Å²) in [5.41, 5.74) is 2.44. The summed E-state index contributed by atoms with van der Waals surface area (Å²) in [7, 11) is 0. The van der Waals surface area contributed by atoms with Crippen molar-refractivity contribution in [2.75, 3.05) is 13.1 Å². The molecule has 2 heterocycles.